The van der Waals surface area contributed by atoms with Crippen LogP contribution >= 0.6 is 0 Å². The number of aliphatic hydroxyl groups excluding tert-OH is 1. The average Bonchev–Trinajstić information content (AvgIpc) is 2.57. The Bertz CT molecular complexity index is 98.9. The van der Waals surface area contributed by atoms with Gasteiger partial charge < -0.3 is 9.94 Å². The van der Waals surface area contributed by atoms with E-state index in [4.69, 9.17) is 9.94 Å². The zero-order chi connectivity index (χ0) is 9.40. The highest BCUT2D eigenvalue weighted by Crippen LogP contribution is 2.18. The summed E-state index contributed by atoms with van der Waals surface area (Å²) in [6, 6.07) is 0. The quantitative estimate of drug-likeness (QED) is 0.739. The summed E-state index contributed by atoms with van der Waals surface area (Å²) in [7, 11) is 1.70. The molecule has 0 aliphatic carbocycles. The van der Waals surface area contributed by atoms with Crippen LogP contribution in [0.5, 0.6) is 0 Å². The van der Waals surface area contributed by atoms with Crippen molar-refractivity contribution in [3.63, 3.8) is 0 Å². The van der Waals surface area contributed by atoms with E-state index in [0.717, 1.165) is 25.9 Å². The van der Waals surface area contributed by atoms with Crippen LogP contribution in [0.2, 0.25) is 0 Å². The molecule has 0 aromatic carbocycles. The number of hydroxylamine groups is 2. The molecule has 1 atom stereocenters. The molecule has 1 rings (SSSR count). The second kappa shape index (κ2) is 9.96. The van der Waals surface area contributed by atoms with Crippen molar-refractivity contribution in [2.75, 3.05) is 26.8 Å². The van der Waals surface area contributed by atoms with Crippen molar-refractivity contribution in [1.29, 1.82) is 0 Å². The molecule has 0 spiro atoms. The Morgan fingerprint density at radius 1 is 1.46 bits per heavy atom. The first-order valence-corrected chi connectivity index (χ1v) is 4.76. The van der Waals surface area contributed by atoms with Crippen LogP contribution < -0.4 is 0 Å². The monoisotopic (exact) mass is 191 g/mol. The van der Waals surface area contributed by atoms with E-state index in [9.17, 15) is 0 Å². The summed E-state index contributed by atoms with van der Waals surface area (Å²) in [5.74, 6) is 0.643. The Balaban J connectivity index is 0. The van der Waals surface area contributed by atoms with Gasteiger partial charge in [-0.1, -0.05) is 21.3 Å². The molecule has 0 amide bonds. The summed E-state index contributed by atoms with van der Waals surface area (Å²) in [6.07, 6.45) is 2.08. The minimum atomic E-state index is 0. The molecule has 1 fully saturated rings. The predicted octanol–water partition coefficient (Wildman–Crippen LogP) is 1.91. The first-order chi connectivity index (χ1) is 5.86. The lowest BCUT2D eigenvalue weighted by atomic mass is 10.1. The summed E-state index contributed by atoms with van der Waals surface area (Å²) in [5.41, 5.74) is 0. The molecule has 3 nitrogen and oxygen atoms in total. The first-order valence-electron chi connectivity index (χ1n) is 4.76. The van der Waals surface area contributed by atoms with Gasteiger partial charge in [0.15, 0.2) is 0 Å². The van der Waals surface area contributed by atoms with E-state index in [-0.39, 0.29) is 7.43 Å². The van der Waals surface area contributed by atoms with Crippen LogP contribution in [0.4, 0.5) is 0 Å². The van der Waals surface area contributed by atoms with Gasteiger partial charge in [-0.2, -0.15) is 5.06 Å². The van der Waals surface area contributed by atoms with Crippen LogP contribution in [0.25, 0.3) is 0 Å². The van der Waals surface area contributed by atoms with E-state index >= 15 is 0 Å². The molecule has 82 valence electrons. The number of aliphatic hydroxyl groups is 1. The van der Waals surface area contributed by atoms with Crippen LogP contribution in [0.15, 0.2) is 0 Å². The van der Waals surface area contributed by atoms with Crippen molar-refractivity contribution in [3.8, 4) is 0 Å². The van der Waals surface area contributed by atoms with Gasteiger partial charge in [-0.05, 0) is 18.8 Å². The lowest BCUT2D eigenvalue weighted by Gasteiger charge is -2.11. The number of hydrogen-bond acceptors (Lipinski definition) is 3. The third kappa shape index (κ3) is 6.02. The van der Waals surface area contributed by atoms with E-state index in [1.165, 1.54) is 0 Å². The van der Waals surface area contributed by atoms with Crippen molar-refractivity contribution >= 4 is 0 Å². The summed E-state index contributed by atoms with van der Waals surface area (Å²) in [5, 5.41) is 10.6. The fraction of sp³-hybridized carbons (Fsp3) is 1.00. The van der Waals surface area contributed by atoms with Crippen LogP contribution in [-0.4, -0.2) is 37.0 Å². The Morgan fingerprint density at radius 2 is 2.08 bits per heavy atom. The van der Waals surface area contributed by atoms with Crippen LogP contribution in [0.1, 0.15) is 34.1 Å². The minimum Gasteiger partial charge on any atom is -0.396 e. The molecule has 1 saturated heterocycles. The smallest absolute Gasteiger partial charge is 0.0575 e. The second-order valence-electron chi connectivity index (χ2n) is 2.74. The van der Waals surface area contributed by atoms with Gasteiger partial charge >= 0.3 is 0 Å². The van der Waals surface area contributed by atoms with Crippen molar-refractivity contribution < 1.29 is 9.94 Å². The molecular formula is C10H25NO2. The number of hydrogen-bond donors (Lipinski definition) is 1. The van der Waals surface area contributed by atoms with Gasteiger partial charge in [0, 0.05) is 19.7 Å². The van der Waals surface area contributed by atoms with Crippen molar-refractivity contribution in [2.24, 2.45) is 5.92 Å². The van der Waals surface area contributed by atoms with E-state index in [0.29, 0.717) is 12.5 Å². The molecule has 3 heteroatoms. The maximum atomic E-state index is 8.63. The van der Waals surface area contributed by atoms with Gasteiger partial charge in [0.25, 0.3) is 0 Å². The zero-order valence-electron chi connectivity index (χ0n) is 8.42. The molecule has 1 N–H and O–H groups in total. The molecule has 0 saturated carbocycles. The van der Waals surface area contributed by atoms with Crippen molar-refractivity contribution in [2.45, 2.75) is 34.1 Å². The number of rotatable bonds is 3. The molecule has 0 radical (unpaired) electrons. The van der Waals surface area contributed by atoms with Crippen LogP contribution in [-0.2, 0) is 4.84 Å². The topological polar surface area (TPSA) is 32.7 Å². The van der Waals surface area contributed by atoms with Gasteiger partial charge in [0.05, 0.1) is 7.11 Å². The van der Waals surface area contributed by atoms with E-state index in [1.54, 1.807) is 7.11 Å². The van der Waals surface area contributed by atoms with Crippen molar-refractivity contribution in [3.05, 3.63) is 0 Å². The maximum Gasteiger partial charge on any atom is 0.0575 e. The zero-order valence-corrected chi connectivity index (χ0v) is 8.42. The average molecular weight is 191 g/mol. The predicted molar refractivity (Wildman–Crippen MR) is 56.5 cm³/mol. The summed E-state index contributed by atoms with van der Waals surface area (Å²) < 4.78 is 0. The van der Waals surface area contributed by atoms with Crippen LogP contribution in [0.3, 0.4) is 0 Å². The molecular weight excluding hydrogens is 166 g/mol. The van der Waals surface area contributed by atoms with Crippen molar-refractivity contribution in [1.82, 2.24) is 5.06 Å². The third-order valence-corrected chi connectivity index (χ3v) is 2.04. The Labute approximate surface area is 82.7 Å². The molecule has 1 aliphatic heterocycles. The fourth-order valence-corrected chi connectivity index (χ4v) is 1.38. The van der Waals surface area contributed by atoms with E-state index in [2.05, 4.69) is 0 Å². The Hall–Kier alpha value is -0.120. The molecule has 0 unspecified atom stereocenters. The summed E-state index contributed by atoms with van der Waals surface area (Å²) >= 11 is 0. The first kappa shape index (κ1) is 15.4. The largest absolute Gasteiger partial charge is 0.396 e. The molecule has 1 heterocycles. The normalized spacial score (nSPS) is 21.7. The molecule has 0 bridgehead atoms. The fourth-order valence-electron chi connectivity index (χ4n) is 1.38. The van der Waals surface area contributed by atoms with E-state index < -0.39 is 0 Å². The van der Waals surface area contributed by atoms with E-state index in [1.807, 2.05) is 18.9 Å². The second-order valence-corrected chi connectivity index (χ2v) is 2.74. The molecule has 1 aliphatic rings. The lowest BCUT2D eigenvalue weighted by molar-refractivity contribution is -0.115. The maximum absolute atomic E-state index is 8.63. The Morgan fingerprint density at radius 3 is 2.46 bits per heavy atom. The van der Waals surface area contributed by atoms with Gasteiger partial charge in [0.2, 0.25) is 0 Å². The molecule has 0 aromatic rings. The van der Waals surface area contributed by atoms with Gasteiger partial charge in [-0.3, -0.25) is 0 Å². The van der Waals surface area contributed by atoms with Gasteiger partial charge in [0.1, 0.15) is 0 Å². The Kier molecular flexibility index (Phi) is 11.8. The van der Waals surface area contributed by atoms with Gasteiger partial charge in [-0.15, -0.1) is 0 Å². The van der Waals surface area contributed by atoms with Gasteiger partial charge in [-0.25, -0.2) is 0 Å². The highest BCUT2D eigenvalue weighted by molar-refractivity contribution is 4.69. The number of nitrogens with zero attached hydrogens (tertiary/aromatic N) is 1. The summed E-state index contributed by atoms with van der Waals surface area (Å²) in [4.78, 5) is 5.04. The minimum absolute atomic E-state index is 0. The highest BCUT2D eigenvalue weighted by atomic mass is 16.7. The standard InChI is InChI=1S/C7H15NO2.C2H6.CH4/c1-10-8-4-2-7(6-8)3-5-9;1-2;/h7,9H,2-6H2,1H3;1-2H3;1H4/t7-;;/m1../s1. The highest BCUT2D eigenvalue weighted by Gasteiger charge is 2.21. The molecule has 0 aromatic heterocycles. The SMILES string of the molecule is C.CC.CON1CC[C@H](CCO)C1. The van der Waals surface area contributed by atoms with Crippen LogP contribution in [0, 0.1) is 5.92 Å². The summed E-state index contributed by atoms with van der Waals surface area (Å²) in [6.45, 7) is 6.31. The lowest BCUT2D eigenvalue weighted by Crippen LogP contribution is -2.18. The third-order valence-electron chi connectivity index (χ3n) is 2.04. The molecule has 13 heavy (non-hydrogen) atoms.